The van der Waals surface area contributed by atoms with E-state index < -0.39 is 126 Å². The molecule has 0 aromatic heterocycles. The second-order valence-corrected chi connectivity index (χ2v) is 13.3. The van der Waals surface area contributed by atoms with Crippen LogP contribution in [0.1, 0.15) is 0 Å². The van der Waals surface area contributed by atoms with Gasteiger partial charge in [-0.25, -0.2) is 25.7 Å². The number of hydrogen-bond acceptors (Lipinski definition) is 20. The number of carboxylic acid groups (broad SMARTS) is 1. The van der Waals surface area contributed by atoms with E-state index in [4.69, 9.17) is 32.4 Å². The Bertz CT molecular complexity index is 1550. The highest BCUT2D eigenvalue weighted by atomic mass is 32.3. The Morgan fingerprint density at radius 2 is 1.00 bits per heavy atom. The Hall–Kier alpha value is -1.34. The number of aliphatic hydroxyl groups is 1. The maximum atomic E-state index is 11.8. The first-order valence-electron chi connectivity index (χ1n) is 10.2. The van der Waals surface area contributed by atoms with E-state index in [2.05, 4.69) is 20.9 Å². The van der Waals surface area contributed by atoms with Crippen LogP contribution in [0.15, 0.2) is 0 Å². The van der Waals surface area contributed by atoms with Crippen molar-refractivity contribution in [2.24, 2.45) is 0 Å². The van der Waals surface area contributed by atoms with Gasteiger partial charge >= 0.3 is 58.0 Å². The number of carboxylic acids is 1. The lowest BCUT2D eigenvalue weighted by atomic mass is 9.98. The molecule has 0 spiro atoms. The molecule has 0 aromatic rings. The number of ether oxygens (including phenoxy) is 3. The van der Waals surface area contributed by atoms with Gasteiger partial charge in [-0.1, -0.05) is 0 Å². The lowest BCUT2D eigenvalue weighted by Gasteiger charge is -2.43. The van der Waals surface area contributed by atoms with Crippen molar-refractivity contribution in [2.75, 3.05) is 13.2 Å². The Kier molecular flexibility index (Phi) is 11.9. The molecule has 2 rings (SSSR count). The van der Waals surface area contributed by atoms with Crippen LogP contribution in [-0.4, -0.2) is 149 Å². The molecular weight excluding hydrogens is 720 g/mol. The van der Waals surface area contributed by atoms with Gasteiger partial charge in [0.05, 0.1) is 13.2 Å². The molecule has 0 aromatic carbocycles. The maximum Gasteiger partial charge on any atom is 0.397 e. The van der Waals surface area contributed by atoms with Crippen molar-refractivity contribution < 1.29 is 115 Å². The van der Waals surface area contributed by atoms with Gasteiger partial charge in [-0.05, 0) is 0 Å². The molecule has 2 aliphatic rings. The molecule has 31 heteroatoms. The molecule has 2 aliphatic heterocycles. The summed E-state index contributed by atoms with van der Waals surface area (Å²) in [5, 5.41) is 20.1. The van der Waals surface area contributed by atoms with E-state index >= 15 is 0 Å². The predicted molar refractivity (Wildman–Crippen MR) is 120 cm³/mol. The standard InChI is InChI=1S/C12H20O26S5/c13-5-3(1-31-39(16,17)18)33-4(2-32-40(19,20)21)6(5)34-12-10(38-43(28,29)30)8(37-42(25,26)27)7(36-41(22,23)24)9(35-12)11(14)15/h3-10,12-13H,1-2H2,(H,14,15)(H,16,17,18)(H,19,20,21)(H,22,23,24)(H,25,26,27)(H,28,29,30). The molecule has 0 bridgehead atoms. The molecule has 2 fully saturated rings. The minimum absolute atomic E-state index is 1.27. The van der Waals surface area contributed by atoms with Gasteiger partial charge in [0.2, 0.25) is 0 Å². The second kappa shape index (κ2) is 13.6. The van der Waals surface area contributed by atoms with E-state index in [-0.39, 0.29) is 0 Å². The fourth-order valence-corrected chi connectivity index (χ4v) is 5.66. The lowest BCUT2D eigenvalue weighted by Crippen LogP contribution is -2.64. The van der Waals surface area contributed by atoms with Gasteiger partial charge in [-0.3, -0.25) is 22.8 Å². The topological polar surface area (TPSA) is 403 Å². The summed E-state index contributed by atoms with van der Waals surface area (Å²) in [6, 6.07) is 0. The molecule has 43 heavy (non-hydrogen) atoms. The molecule has 7 N–H and O–H groups in total. The third kappa shape index (κ3) is 12.5. The summed E-state index contributed by atoms with van der Waals surface area (Å²) >= 11 is 0. The predicted octanol–water partition coefficient (Wildman–Crippen LogP) is -5.49. The summed E-state index contributed by atoms with van der Waals surface area (Å²) < 4.78 is 193. The SMILES string of the molecule is O=C(O)C1OC(OC2C(COS(=O)(=O)O)OC(COS(=O)(=O)O)C2O)C(OS(=O)(=O)O)C(OS(=O)(=O)O)C1OS(=O)(=O)O. The zero-order valence-electron chi connectivity index (χ0n) is 20.0. The van der Waals surface area contributed by atoms with Crippen LogP contribution < -0.4 is 0 Å². The van der Waals surface area contributed by atoms with Gasteiger partial charge in [0.25, 0.3) is 0 Å². The molecule has 2 saturated heterocycles. The molecule has 2 heterocycles. The van der Waals surface area contributed by atoms with Gasteiger partial charge in [-0.2, -0.15) is 42.1 Å². The van der Waals surface area contributed by atoms with Crippen LogP contribution in [0.4, 0.5) is 0 Å². The van der Waals surface area contributed by atoms with Crippen molar-refractivity contribution in [2.45, 2.75) is 55.1 Å². The number of carbonyl (C=O) groups is 1. The fourth-order valence-electron chi connectivity index (χ4n) is 3.57. The maximum absolute atomic E-state index is 11.8. The minimum atomic E-state index is -5.88. The normalized spacial score (nSPS) is 32.9. The number of rotatable bonds is 15. The van der Waals surface area contributed by atoms with E-state index in [0.717, 1.165) is 0 Å². The van der Waals surface area contributed by atoms with E-state index in [0.29, 0.717) is 0 Å². The molecule has 254 valence electrons. The third-order valence-electron chi connectivity index (χ3n) is 4.92. The molecule has 9 unspecified atom stereocenters. The summed E-state index contributed by atoms with van der Waals surface area (Å²) in [4.78, 5) is 11.8. The van der Waals surface area contributed by atoms with E-state index in [1.165, 1.54) is 0 Å². The first kappa shape index (κ1) is 37.8. The molecular formula is C12H20O26S5. The lowest BCUT2D eigenvalue weighted by molar-refractivity contribution is -0.300. The first-order chi connectivity index (χ1) is 19.2. The molecule has 0 saturated carbocycles. The first-order valence-corrected chi connectivity index (χ1v) is 17.1. The summed E-state index contributed by atoms with van der Waals surface area (Å²) in [5.41, 5.74) is 0. The van der Waals surface area contributed by atoms with Crippen molar-refractivity contribution in [1.82, 2.24) is 0 Å². The highest BCUT2D eigenvalue weighted by Crippen LogP contribution is 2.35. The summed E-state index contributed by atoms with van der Waals surface area (Å²) in [6.45, 7) is -2.61. The highest BCUT2D eigenvalue weighted by molar-refractivity contribution is 7.81. The highest BCUT2D eigenvalue weighted by Gasteiger charge is 2.58. The van der Waals surface area contributed by atoms with Gasteiger partial charge in [0.15, 0.2) is 18.5 Å². The van der Waals surface area contributed by atoms with Gasteiger partial charge in [0, 0.05) is 0 Å². The largest absolute Gasteiger partial charge is 0.479 e. The Labute approximate surface area is 241 Å². The van der Waals surface area contributed by atoms with Crippen LogP contribution in [0.3, 0.4) is 0 Å². The minimum Gasteiger partial charge on any atom is -0.479 e. The number of hydrogen-bond donors (Lipinski definition) is 7. The number of aliphatic carboxylic acids is 1. The van der Waals surface area contributed by atoms with Crippen LogP contribution in [0.25, 0.3) is 0 Å². The number of aliphatic hydroxyl groups excluding tert-OH is 1. The van der Waals surface area contributed by atoms with Crippen molar-refractivity contribution in [3.05, 3.63) is 0 Å². The van der Waals surface area contributed by atoms with Crippen LogP contribution in [0, 0.1) is 0 Å². The van der Waals surface area contributed by atoms with E-state index in [1.54, 1.807) is 0 Å². The van der Waals surface area contributed by atoms with E-state index in [9.17, 15) is 61.6 Å². The Balaban J connectivity index is 2.62. The average Bonchev–Trinajstić information content (AvgIpc) is 3.05. The molecule has 0 radical (unpaired) electrons. The van der Waals surface area contributed by atoms with Gasteiger partial charge in [0.1, 0.15) is 36.6 Å². The summed E-state index contributed by atoms with van der Waals surface area (Å²) in [5.74, 6) is -2.30. The molecule has 0 aliphatic carbocycles. The van der Waals surface area contributed by atoms with Gasteiger partial charge < -0.3 is 24.4 Å². The zero-order valence-corrected chi connectivity index (χ0v) is 24.1. The zero-order chi connectivity index (χ0) is 33.3. The fraction of sp³-hybridized carbons (Fsp3) is 0.917. The molecule has 26 nitrogen and oxygen atoms in total. The summed E-state index contributed by atoms with van der Waals surface area (Å²) in [6.07, 6.45) is -23.3. The molecule has 9 atom stereocenters. The average molecular weight is 741 g/mol. The van der Waals surface area contributed by atoms with Crippen LogP contribution in [-0.2, 0) is 91.9 Å². The van der Waals surface area contributed by atoms with Crippen LogP contribution in [0.2, 0.25) is 0 Å². The van der Waals surface area contributed by atoms with Crippen molar-refractivity contribution in [3.63, 3.8) is 0 Å². The van der Waals surface area contributed by atoms with Crippen molar-refractivity contribution in [1.29, 1.82) is 0 Å². The van der Waals surface area contributed by atoms with E-state index in [1.807, 2.05) is 0 Å². The van der Waals surface area contributed by atoms with Crippen molar-refractivity contribution in [3.8, 4) is 0 Å². The molecule has 0 amide bonds. The quantitative estimate of drug-likeness (QED) is 0.0770. The van der Waals surface area contributed by atoms with Crippen LogP contribution in [0.5, 0.6) is 0 Å². The van der Waals surface area contributed by atoms with Crippen LogP contribution >= 0.6 is 0 Å². The van der Waals surface area contributed by atoms with Gasteiger partial charge in [-0.15, -0.1) is 0 Å². The van der Waals surface area contributed by atoms with Crippen molar-refractivity contribution >= 4 is 58.0 Å². The summed E-state index contributed by atoms with van der Waals surface area (Å²) in [7, 11) is -28.0. The Morgan fingerprint density at radius 3 is 1.42 bits per heavy atom. The second-order valence-electron chi connectivity index (χ2n) is 7.96. The smallest absolute Gasteiger partial charge is 0.397 e. The monoisotopic (exact) mass is 740 g/mol. The third-order valence-corrected chi connectivity index (χ3v) is 7.19. The Morgan fingerprint density at radius 1 is 0.581 bits per heavy atom.